The molecule has 2 aromatic heterocycles. The molecule has 334 valence electrons. The Morgan fingerprint density at radius 1 is 0.323 bits per heavy atom. The van der Waals surface area contributed by atoms with Gasteiger partial charge in [0.25, 0.3) is 0 Å². The molecule has 0 saturated heterocycles. The molecule has 3 aromatic carbocycles. The molecule has 2 heterocycles. The minimum absolute atomic E-state index is 0.0589. The third-order valence-corrected chi connectivity index (χ3v) is 17.1. The zero-order valence-electron chi connectivity index (χ0n) is 39.7. The number of hydrogen-bond donors (Lipinski definition) is 0. The summed E-state index contributed by atoms with van der Waals surface area (Å²) < 4.78 is 0. The molecule has 0 N–H and O–H groups in total. The van der Waals surface area contributed by atoms with Crippen LogP contribution in [0.4, 0.5) is 0 Å². The summed E-state index contributed by atoms with van der Waals surface area (Å²) in [5.74, 6) is 0. The highest BCUT2D eigenvalue weighted by atomic mass is 32.1. The summed E-state index contributed by atoms with van der Waals surface area (Å²) in [5.41, 5.74) is 15.8. The first-order valence-electron chi connectivity index (χ1n) is 26.2. The second-order valence-corrected chi connectivity index (χ2v) is 21.5. The fraction of sp³-hybridized carbons (Fsp3) is 0.567. The van der Waals surface area contributed by atoms with E-state index in [-0.39, 0.29) is 10.8 Å². The number of thiophene rings is 2. The van der Waals surface area contributed by atoms with E-state index in [9.17, 15) is 0 Å². The number of unbranched alkanes of at least 4 members (excludes halogenated alkanes) is 20. The second-order valence-electron chi connectivity index (χ2n) is 19.7. The number of rotatable bonds is 30. The van der Waals surface area contributed by atoms with Crippen molar-refractivity contribution in [2.24, 2.45) is 0 Å². The lowest BCUT2D eigenvalue weighted by molar-refractivity contribution is 0.394. The third-order valence-electron chi connectivity index (χ3n) is 15.3. The number of fused-ring (bicyclic) bond motifs is 6. The molecule has 0 fully saturated rings. The highest BCUT2D eigenvalue weighted by molar-refractivity contribution is 7.13. The fourth-order valence-corrected chi connectivity index (χ4v) is 13.3. The average Bonchev–Trinajstić information content (AvgIpc) is 4.12. The average molecular weight is 867 g/mol. The van der Waals surface area contributed by atoms with Gasteiger partial charge in [-0.15, -0.1) is 22.7 Å². The lowest BCUT2D eigenvalue weighted by Crippen LogP contribution is -2.27. The minimum Gasteiger partial charge on any atom is -0.144 e. The zero-order chi connectivity index (χ0) is 43.0. The lowest BCUT2D eigenvalue weighted by Gasteiger charge is -2.35. The van der Waals surface area contributed by atoms with Crippen LogP contribution in [0.3, 0.4) is 0 Å². The quantitative estimate of drug-likeness (QED) is 0.0404. The van der Waals surface area contributed by atoms with Gasteiger partial charge in [-0.2, -0.15) is 0 Å². The molecule has 5 aromatic rings. The van der Waals surface area contributed by atoms with Gasteiger partial charge in [0, 0.05) is 20.6 Å². The molecule has 2 aliphatic carbocycles. The van der Waals surface area contributed by atoms with Gasteiger partial charge in [0.15, 0.2) is 0 Å². The first-order valence-corrected chi connectivity index (χ1v) is 27.9. The van der Waals surface area contributed by atoms with E-state index >= 15 is 0 Å². The maximum atomic E-state index is 2.83. The summed E-state index contributed by atoms with van der Waals surface area (Å²) in [6.45, 7) is 9.40. The van der Waals surface area contributed by atoms with Crippen LogP contribution in [0.15, 0.2) is 83.6 Å². The van der Waals surface area contributed by atoms with Gasteiger partial charge in [0.2, 0.25) is 0 Å². The van der Waals surface area contributed by atoms with Crippen molar-refractivity contribution < 1.29 is 0 Å². The Balaban J connectivity index is 1.37. The normalized spacial score (nSPS) is 14.3. The van der Waals surface area contributed by atoms with Gasteiger partial charge in [-0.05, 0) is 128 Å². The summed E-state index contributed by atoms with van der Waals surface area (Å²) in [7, 11) is 0. The predicted octanol–water partition coefficient (Wildman–Crippen LogP) is 20.7. The Kier molecular flexibility index (Phi) is 18.1. The summed E-state index contributed by atoms with van der Waals surface area (Å²) in [5, 5.41) is 4.52. The van der Waals surface area contributed by atoms with Crippen molar-refractivity contribution in [3.05, 3.63) is 106 Å². The Morgan fingerprint density at radius 2 is 0.629 bits per heavy atom. The van der Waals surface area contributed by atoms with Crippen LogP contribution < -0.4 is 0 Å². The van der Waals surface area contributed by atoms with E-state index in [1.165, 1.54) is 201 Å². The minimum atomic E-state index is 0.0589. The van der Waals surface area contributed by atoms with Crippen LogP contribution in [-0.4, -0.2) is 0 Å². The van der Waals surface area contributed by atoms with Crippen molar-refractivity contribution in [3.63, 3.8) is 0 Å². The van der Waals surface area contributed by atoms with Crippen LogP contribution in [-0.2, 0) is 10.8 Å². The van der Waals surface area contributed by atoms with Crippen LogP contribution in [0.25, 0.3) is 43.1 Å². The van der Waals surface area contributed by atoms with Gasteiger partial charge in [-0.3, -0.25) is 0 Å². The molecule has 7 rings (SSSR count). The first-order chi connectivity index (χ1) is 30.6. The topological polar surface area (TPSA) is 0 Å². The van der Waals surface area contributed by atoms with Crippen LogP contribution in [0.2, 0.25) is 0 Å². The van der Waals surface area contributed by atoms with Crippen molar-refractivity contribution >= 4 is 22.7 Å². The Labute approximate surface area is 387 Å². The van der Waals surface area contributed by atoms with Gasteiger partial charge in [0.05, 0.1) is 0 Å². The van der Waals surface area contributed by atoms with Gasteiger partial charge < -0.3 is 0 Å². The molecule has 0 saturated carbocycles. The maximum Gasteiger partial charge on any atom is 0.0342 e. The summed E-state index contributed by atoms with van der Waals surface area (Å²) in [6, 6.07) is 30.3. The van der Waals surface area contributed by atoms with E-state index in [1.54, 1.807) is 44.5 Å². The molecule has 0 radical (unpaired) electrons. The molecule has 0 nitrogen and oxygen atoms in total. The van der Waals surface area contributed by atoms with Gasteiger partial charge in [-0.25, -0.2) is 0 Å². The highest BCUT2D eigenvalue weighted by Gasteiger charge is 2.48. The fourth-order valence-electron chi connectivity index (χ4n) is 11.8. The highest BCUT2D eigenvalue weighted by Crippen LogP contribution is 2.61. The number of hydrogen-bond acceptors (Lipinski definition) is 2. The molecule has 0 amide bonds. The summed E-state index contributed by atoms with van der Waals surface area (Å²) in [6.07, 6.45) is 37.5. The maximum absolute atomic E-state index is 2.83. The molecule has 0 spiro atoms. The van der Waals surface area contributed by atoms with E-state index in [0.29, 0.717) is 0 Å². The van der Waals surface area contributed by atoms with Crippen molar-refractivity contribution in [2.45, 2.75) is 218 Å². The molecule has 0 bridgehead atoms. The number of benzene rings is 3. The second kappa shape index (κ2) is 23.8. The Morgan fingerprint density at radius 3 is 0.935 bits per heavy atom. The van der Waals surface area contributed by atoms with Crippen LogP contribution in [0.5, 0.6) is 0 Å². The Bertz CT molecular complexity index is 1880. The molecular weight excluding hydrogens is 785 g/mol. The van der Waals surface area contributed by atoms with Crippen molar-refractivity contribution in [3.8, 4) is 43.1 Å². The zero-order valence-corrected chi connectivity index (χ0v) is 41.3. The summed E-state index contributed by atoms with van der Waals surface area (Å²) >= 11 is 3.80. The van der Waals surface area contributed by atoms with Gasteiger partial charge >= 0.3 is 0 Å². The molecular formula is C60H82S2. The standard InChI is InChI=1S/C60H82S2/c1-5-9-13-17-21-25-37-59(38-26-22-18-14-10-6-2)53-43-47(57-31-29-41-61-57)33-35-49(53)51-46-56-52(45-55(51)59)50-36-34-48(58-32-30-42-62-58)44-54(50)60(56,39-27-23-19-15-11-7-3)40-28-24-20-16-12-8-4/h29-36,41-46H,5-28,37-40H2,1-4H3. The van der Waals surface area contributed by atoms with Gasteiger partial charge in [0.1, 0.15) is 0 Å². The molecule has 0 atom stereocenters. The van der Waals surface area contributed by atoms with Crippen LogP contribution in [0.1, 0.15) is 230 Å². The first kappa shape index (κ1) is 47.0. The summed E-state index contributed by atoms with van der Waals surface area (Å²) in [4.78, 5) is 2.82. The monoisotopic (exact) mass is 867 g/mol. The van der Waals surface area contributed by atoms with Crippen LogP contribution in [0, 0.1) is 0 Å². The predicted molar refractivity (Wildman–Crippen MR) is 277 cm³/mol. The largest absolute Gasteiger partial charge is 0.144 e. The molecule has 2 heteroatoms. The SMILES string of the molecule is CCCCCCCCC1(CCCCCCCC)c2cc(-c3cccs3)ccc2-c2cc3c(cc21)-c1ccc(-c2cccs2)cc1C3(CCCCCCCC)CCCCCCCC. The third kappa shape index (κ3) is 10.8. The van der Waals surface area contributed by atoms with Gasteiger partial charge in [-0.1, -0.05) is 218 Å². The van der Waals surface area contributed by atoms with E-state index < -0.39 is 0 Å². The molecule has 0 unspecified atom stereocenters. The van der Waals surface area contributed by atoms with E-state index in [4.69, 9.17) is 0 Å². The van der Waals surface area contributed by atoms with Crippen molar-refractivity contribution in [2.75, 3.05) is 0 Å². The van der Waals surface area contributed by atoms with Crippen molar-refractivity contribution in [1.29, 1.82) is 0 Å². The van der Waals surface area contributed by atoms with E-state index in [2.05, 4.69) is 111 Å². The van der Waals surface area contributed by atoms with Crippen molar-refractivity contribution in [1.82, 2.24) is 0 Å². The lowest BCUT2D eigenvalue weighted by atomic mass is 9.68. The molecule has 2 aliphatic rings. The smallest absolute Gasteiger partial charge is 0.0342 e. The molecule has 0 aliphatic heterocycles. The molecule has 62 heavy (non-hydrogen) atoms. The van der Waals surface area contributed by atoms with E-state index in [0.717, 1.165) is 0 Å². The Hall–Kier alpha value is -2.94. The van der Waals surface area contributed by atoms with E-state index in [1.807, 2.05) is 22.7 Å². The van der Waals surface area contributed by atoms with Crippen LogP contribution >= 0.6 is 22.7 Å².